The van der Waals surface area contributed by atoms with E-state index in [-0.39, 0.29) is 12.2 Å². The molecule has 3 heteroatoms. The average Bonchev–Trinajstić information content (AvgIpc) is 2.33. The maximum absolute atomic E-state index is 10.1. The van der Waals surface area contributed by atoms with Gasteiger partial charge in [0.1, 0.15) is 0 Å². The summed E-state index contributed by atoms with van der Waals surface area (Å²) >= 11 is 3.51. The molecule has 2 atom stereocenters. The summed E-state index contributed by atoms with van der Waals surface area (Å²) in [5.41, 5.74) is 1.16. The van der Waals surface area contributed by atoms with Crippen LogP contribution in [-0.2, 0) is 11.2 Å². The zero-order valence-electron chi connectivity index (χ0n) is 9.94. The largest absolute Gasteiger partial charge is 0.393 e. The van der Waals surface area contributed by atoms with Gasteiger partial charge >= 0.3 is 0 Å². The number of hydrogen-bond acceptors (Lipinski definition) is 2. The summed E-state index contributed by atoms with van der Waals surface area (Å²) in [6.07, 6.45) is 4.87. The smallest absolute Gasteiger partial charge is 0.0605 e. The highest BCUT2D eigenvalue weighted by atomic mass is 79.9. The molecule has 0 saturated carbocycles. The van der Waals surface area contributed by atoms with Gasteiger partial charge in [-0.3, -0.25) is 0 Å². The molecule has 1 aliphatic rings. The van der Waals surface area contributed by atoms with E-state index >= 15 is 0 Å². The first-order valence-corrected chi connectivity index (χ1v) is 7.08. The SMILES string of the molecule is OC(Cc1ccccc1Br)CC1CCCCO1. The molecule has 0 radical (unpaired) electrons. The normalized spacial score (nSPS) is 22.4. The van der Waals surface area contributed by atoms with Crippen LogP contribution in [0.15, 0.2) is 28.7 Å². The minimum absolute atomic E-state index is 0.251. The van der Waals surface area contributed by atoms with E-state index in [0.717, 1.165) is 35.9 Å². The number of aliphatic hydroxyl groups is 1. The zero-order valence-corrected chi connectivity index (χ0v) is 11.5. The van der Waals surface area contributed by atoms with Gasteiger partial charge < -0.3 is 9.84 Å². The molecule has 0 bridgehead atoms. The highest BCUT2D eigenvalue weighted by molar-refractivity contribution is 9.10. The number of rotatable bonds is 4. The van der Waals surface area contributed by atoms with Crippen LogP contribution < -0.4 is 0 Å². The van der Waals surface area contributed by atoms with Gasteiger partial charge in [-0.25, -0.2) is 0 Å². The van der Waals surface area contributed by atoms with Crippen molar-refractivity contribution >= 4 is 15.9 Å². The van der Waals surface area contributed by atoms with Gasteiger partial charge in [0.15, 0.2) is 0 Å². The van der Waals surface area contributed by atoms with Crippen molar-refractivity contribution in [3.05, 3.63) is 34.3 Å². The van der Waals surface area contributed by atoms with Crippen LogP contribution >= 0.6 is 15.9 Å². The average molecular weight is 299 g/mol. The molecule has 2 nitrogen and oxygen atoms in total. The molecule has 1 saturated heterocycles. The third kappa shape index (κ3) is 4.09. The number of ether oxygens (including phenoxy) is 1. The third-order valence-electron chi connectivity index (χ3n) is 3.22. The first-order valence-electron chi connectivity index (χ1n) is 6.29. The van der Waals surface area contributed by atoms with E-state index in [4.69, 9.17) is 4.74 Å². The molecule has 0 aromatic heterocycles. The highest BCUT2D eigenvalue weighted by Gasteiger charge is 2.18. The van der Waals surface area contributed by atoms with Crippen molar-refractivity contribution in [2.24, 2.45) is 0 Å². The van der Waals surface area contributed by atoms with E-state index in [1.807, 2.05) is 18.2 Å². The lowest BCUT2D eigenvalue weighted by Crippen LogP contribution is -2.25. The number of halogens is 1. The Balaban J connectivity index is 1.84. The Morgan fingerprint density at radius 3 is 2.88 bits per heavy atom. The standard InChI is InChI=1S/C14H19BrO2/c15-14-7-2-1-5-11(14)9-12(16)10-13-6-3-4-8-17-13/h1-2,5,7,12-13,16H,3-4,6,8-10H2. The predicted octanol–water partition coefficient (Wildman–Crippen LogP) is 3.31. The fourth-order valence-electron chi connectivity index (χ4n) is 2.30. The molecule has 0 spiro atoms. The summed E-state index contributed by atoms with van der Waals surface area (Å²) in [5, 5.41) is 10.1. The minimum atomic E-state index is -0.309. The fraction of sp³-hybridized carbons (Fsp3) is 0.571. The number of benzene rings is 1. The summed E-state index contributed by atoms with van der Waals surface area (Å²) in [5.74, 6) is 0. The Morgan fingerprint density at radius 2 is 2.18 bits per heavy atom. The van der Waals surface area contributed by atoms with E-state index in [1.54, 1.807) is 0 Å². The topological polar surface area (TPSA) is 29.5 Å². The van der Waals surface area contributed by atoms with Crippen molar-refractivity contribution in [2.75, 3.05) is 6.61 Å². The van der Waals surface area contributed by atoms with Gasteiger partial charge in [-0.05, 0) is 43.7 Å². The van der Waals surface area contributed by atoms with Crippen molar-refractivity contribution in [3.8, 4) is 0 Å². The Morgan fingerprint density at radius 1 is 1.35 bits per heavy atom. The van der Waals surface area contributed by atoms with Crippen molar-refractivity contribution < 1.29 is 9.84 Å². The maximum atomic E-state index is 10.1. The van der Waals surface area contributed by atoms with Crippen molar-refractivity contribution in [1.82, 2.24) is 0 Å². The minimum Gasteiger partial charge on any atom is -0.393 e. The predicted molar refractivity (Wildman–Crippen MR) is 72.1 cm³/mol. The lowest BCUT2D eigenvalue weighted by Gasteiger charge is -2.24. The van der Waals surface area contributed by atoms with Gasteiger partial charge in [-0.2, -0.15) is 0 Å². The highest BCUT2D eigenvalue weighted by Crippen LogP contribution is 2.21. The van der Waals surface area contributed by atoms with Crippen LogP contribution in [-0.4, -0.2) is 23.9 Å². The van der Waals surface area contributed by atoms with Crippen LogP contribution in [0.1, 0.15) is 31.2 Å². The van der Waals surface area contributed by atoms with E-state index in [0.29, 0.717) is 6.42 Å². The molecule has 1 aliphatic heterocycles. The molecule has 94 valence electrons. The van der Waals surface area contributed by atoms with Crippen molar-refractivity contribution in [1.29, 1.82) is 0 Å². The molecule has 0 amide bonds. The molecule has 0 aliphatic carbocycles. The second kappa shape index (κ2) is 6.53. The molecule has 1 aromatic rings. The van der Waals surface area contributed by atoms with Crippen molar-refractivity contribution in [3.63, 3.8) is 0 Å². The summed E-state index contributed by atoms with van der Waals surface area (Å²) in [7, 11) is 0. The van der Waals surface area contributed by atoms with Crippen LogP contribution in [0.2, 0.25) is 0 Å². The van der Waals surface area contributed by atoms with Gasteiger partial charge in [-0.15, -0.1) is 0 Å². The first-order chi connectivity index (χ1) is 8.25. The van der Waals surface area contributed by atoms with Gasteiger partial charge in [0.25, 0.3) is 0 Å². The molecule has 1 heterocycles. The Bertz CT molecular complexity index is 348. The van der Waals surface area contributed by atoms with Gasteiger partial charge in [-0.1, -0.05) is 34.1 Å². The second-order valence-electron chi connectivity index (χ2n) is 4.67. The molecule has 2 unspecified atom stereocenters. The monoisotopic (exact) mass is 298 g/mol. The maximum Gasteiger partial charge on any atom is 0.0605 e. The fourth-order valence-corrected chi connectivity index (χ4v) is 2.74. The molecule has 1 aromatic carbocycles. The Labute approximate surface area is 111 Å². The van der Waals surface area contributed by atoms with Crippen LogP contribution in [0.5, 0.6) is 0 Å². The summed E-state index contributed by atoms with van der Waals surface area (Å²) in [6, 6.07) is 8.06. The van der Waals surface area contributed by atoms with Gasteiger partial charge in [0.2, 0.25) is 0 Å². The van der Waals surface area contributed by atoms with Crippen LogP contribution in [0.25, 0.3) is 0 Å². The first kappa shape index (κ1) is 13.1. The number of aliphatic hydroxyl groups excluding tert-OH is 1. The van der Waals surface area contributed by atoms with Gasteiger partial charge in [0.05, 0.1) is 12.2 Å². The van der Waals surface area contributed by atoms with E-state index in [2.05, 4.69) is 22.0 Å². The summed E-state index contributed by atoms with van der Waals surface area (Å²) in [4.78, 5) is 0. The van der Waals surface area contributed by atoms with Crippen LogP contribution in [0.4, 0.5) is 0 Å². The molecule has 1 N–H and O–H groups in total. The second-order valence-corrected chi connectivity index (χ2v) is 5.53. The van der Waals surface area contributed by atoms with Crippen LogP contribution in [0, 0.1) is 0 Å². The molecule has 2 rings (SSSR count). The van der Waals surface area contributed by atoms with E-state index < -0.39 is 0 Å². The number of hydrogen-bond donors (Lipinski definition) is 1. The Kier molecular flexibility index (Phi) is 5.01. The Hall–Kier alpha value is -0.380. The van der Waals surface area contributed by atoms with E-state index in [9.17, 15) is 5.11 Å². The van der Waals surface area contributed by atoms with Gasteiger partial charge in [0, 0.05) is 11.1 Å². The van der Waals surface area contributed by atoms with Crippen LogP contribution in [0.3, 0.4) is 0 Å². The molecule has 17 heavy (non-hydrogen) atoms. The third-order valence-corrected chi connectivity index (χ3v) is 4.00. The lowest BCUT2D eigenvalue weighted by atomic mass is 9.99. The molecular weight excluding hydrogens is 280 g/mol. The summed E-state index contributed by atoms with van der Waals surface area (Å²) in [6.45, 7) is 0.854. The van der Waals surface area contributed by atoms with Crippen molar-refractivity contribution in [2.45, 2.75) is 44.3 Å². The van der Waals surface area contributed by atoms with E-state index in [1.165, 1.54) is 6.42 Å². The molecular formula is C14H19BrO2. The zero-order chi connectivity index (χ0) is 12.1. The lowest BCUT2D eigenvalue weighted by molar-refractivity contribution is -0.0148. The summed E-state index contributed by atoms with van der Waals surface area (Å²) < 4.78 is 6.72. The molecule has 1 fully saturated rings. The quantitative estimate of drug-likeness (QED) is 0.924.